The third kappa shape index (κ3) is 8.35. The van der Waals surface area contributed by atoms with Crippen LogP contribution in [0.4, 0.5) is 4.39 Å². The lowest BCUT2D eigenvalue weighted by molar-refractivity contribution is -0.00848. The second-order valence-corrected chi connectivity index (χ2v) is 15.5. The lowest BCUT2D eigenvalue weighted by atomic mass is 10.3. The van der Waals surface area contributed by atoms with E-state index < -0.39 is 53.0 Å². The maximum atomic E-state index is 14.5. The minimum Gasteiger partial charge on any atom is -0.412 e. The number of halogens is 3. The maximum Gasteiger partial charge on any atom is 0.501 e. The predicted molar refractivity (Wildman–Crippen MR) is 157 cm³/mol. The quantitative estimate of drug-likeness (QED) is 0.201. The van der Waals surface area contributed by atoms with Gasteiger partial charge >= 0.3 is 22.2 Å². The molecule has 0 aliphatic carbocycles. The number of nitrogens with one attached hydrogen (secondary N) is 1. The van der Waals surface area contributed by atoms with Gasteiger partial charge in [-0.05, 0) is 37.5 Å². The number of hydrogen-bond donors (Lipinski definition) is 1. The Morgan fingerprint density at radius 3 is 2.47 bits per heavy atom. The van der Waals surface area contributed by atoms with Crippen molar-refractivity contribution >= 4 is 39.8 Å². The Kier molecular flexibility index (Phi) is 11.2. The first-order chi connectivity index (χ1) is 20.7. The summed E-state index contributed by atoms with van der Waals surface area (Å²) in [5.41, 5.74) is -1.89. The summed E-state index contributed by atoms with van der Waals surface area (Å²) in [6.45, 7) is 3.72. The third-order valence-electron chi connectivity index (χ3n) is 7.21. The molecule has 0 radical (unpaired) electrons. The first-order valence-electron chi connectivity index (χ1n) is 14.1. The lowest BCUT2D eigenvalue weighted by Gasteiger charge is -2.38. The number of ether oxygens (including phenoxy) is 1. The second kappa shape index (κ2) is 14.6. The predicted octanol–water partition coefficient (Wildman–Crippen LogP) is 3.27. The van der Waals surface area contributed by atoms with Gasteiger partial charge in [-0.25, -0.2) is 14.4 Å². The summed E-state index contributed by atoms with van der Waals surface area (Å²) in [4.78, 5) is 27.7. The summed E-state index contributed by atoms with van der Waals surface area (Å²) in [5, 5.41) is 3.25. The van der Waals surface area contributed by atoms with Crippen LogP contribution in [0.3, 0.4) is 0 Å². The van der Waals surface area contributed by atoms with Crippen LogP contribution in [-0.4, -0.2) is 82.1 Å². The number of hydrogen-bond acceptors (Lipinski definition) is 10. The highest BCUT2D eigenvalue weighted by atomic mass is 35.5. The minimum atomic E-state index is -4.14. The molecule has 0 amide bonds. The maximum absolute atomic E-state index is 14.5. The molecule has 2 atom stereocenters. The van der Waals surface area contributed by atoms with Crippen LogP contribution >= 0.6 is 30.9 Å². The van der Waals surface area contributed by atoms with E-state index in [1.807, 2.05) is 0 Å². The Balaban J connectivity index is 1.26. The average molecular weight is 684 g/mol. The van der Waals surface area contributed by atoms with Crippen LogP contribution in [0.1, 0.15) is 25.5 Å². The topological polar surface area (TPSA) is 132 Å². The standard InChI is InChI=1S/C25H34Cl2FN4O9PSi/c26-19-4-5-22(20(27)17-19)41-42(35,29-6-2-16-43-38-13-7-30(8-14-39-43)9-15-40-43)37-12-10-31-24(33)21(28)18-32(25(31)34)23-3-1-11-36-23/h4-5,17-18,23H,1-3,6-16H2,(H,29,35)/t23-,42?/m1/s1. The van der Waals surface area contributed by atoms with E-state index in [1.165, 1.54) is 18.2 Å². The Morgan fingerprint density at radius 1 is 1.09 bits per heavy atom. The first-order valence-corrected chi connectivity index (χ1v) is 18.3. The molecule has 4 aliphatic heterocycles. The summed E-state index contributed by atoms with van der Waals surface area (Å²) in [7, 11) is -7.06. The van der Waals surface area contributed by atoms with Crippen molar-refractivity contribution in [2.24, 2.45) is 0 Å². The molecule has 238 valence electrons. The lowest BCUT2D eigenvalue weighted by Crippen LogP contribution is -2.55. The van der Waals surface area contributed by atoms with Crippen molar-refractivity contribution in [2.75, 3.05) is 59.2 Å². The van der Waals surface area contributed by atoms with Crippen molar-refractivity contribution in [1.82, 2.24) is 19.1 Å². The molecule has 0 saturated carbocycles. The number of aromatic nitrogens is 2. The Hall–Kier alpha value is -1.62. The fraction of sp³-hybridized carbons (Fsp3) is 0.600. The van der Waals surface area contributed by atoms with E-state index in [4.69, 9.17) is 50.3 Å². The van der Waals surface area contributed by atoms with E-state index in [1.54, 1.807) is 0 Å². The molecule has 2 aromatic rings. The number of nitrogens with zero attached hydrogens (tertiary/aromatic N) is 3. The summed E-state index contributed by atoms with van der Waals surface area (Å²) in [6.07, 6.45) is 1.83. The van der Waals surface area contributed by atoms with E-state index in [2.05, 4.69) is 9.99 Å². The molecule has 4 fully saturated rings. The smallest absolute Gasteiger partial charge is 0.412 e. The van der Waals surface area contributed by atoms with Crippen LogP contribution < -0.4 is 20.9 Å². The molecule has 1 N–H and O–H groups in total. The molecular weight excluding hydrogens is 649 g/mol. The van der Waals surface area contributed by atoms with Crippen molar-refractivity contribution in [3.05, 3.63) is 61.1 Å². The van der Waals surface area contributed by atoms with Gasteiger partial charge in [-0.2, -0.15) is 4.39 Å². The van der Waals surface area contributed by atoms with Crippen molar-refractivity contribution < 1.29 is 36.0 Å². The molecule has 4 aliphatic rings. The molecule has 6 rings (SSSR count). The first kappa shape index (κ1) is 32.8. The van der Waals surface area contributed by atoms with E-state index in [0.717, 1.165) is 30.4 Å². The third-order valence-corrected chi connectivity index (χ3v) is 12.2. The molecule has 13 nitrogen and oxygen atoms in total. The molecule has 2 bridgehead atoms. The van der Waals surface area contributed by atoms with Crippen LogP contribution in [0.2, 0.25) is 16.1 Å². The largest absolute Gasteiger partial charge is 0.501 e. The average Bonchev–Trinajstić information content (AvgIpc) is 3.47. The molecule has 43 heavy (non-hydrogen) atoms. The summed E-state index contributed by atoms with van der Waals surface area (Å²) < 4.78 is 65.0. The molecule has 0 spiro atoms. The molecular formula is C25H34Cl2FN4O9PSi. The fourth-order valence-corrected chi connectivity index (χ4v) is 9.38. The molecule has 1 aromatic heterocycles. The van der Waals surface area contributed by atoms with Gasteiger partial charge in [-0.1, -0.05) is 23.2 Å². The molecule has 5 heterocycles. The van der Waals surface area contributed by atoms with Gasteiger partial charge in [0, 0.05) is 43.9 Å². The van der Waals surface area contributed by atoms with Gasteiger partial charge < -0.3 is 22.5 Å². The molecule has 4 saturated heterocycles. The van der Waals surface area contributed by atoms with Crippen molar-refractivity contribution in [3.8, 4) is 5.75 Å². The van der Waals surface area contributed by atoms with Gasteiger partial charge in [-0.15, -0.1) is 0 Å². The molecule has 1 aromatic carbocycles. The van der Waals surface area contributed by atoms with Gasteiger partial charge in [0.2, 0.25) is 5.82 Å². The van der Waals surface area contributed by atoms with Crippen molar-refractivity contribution in [1.29, 1.82) is 0 Å². The number of rotatable bonds is 12. The molecule has 1 unspecified atom stereocenters. The second-order valence-electron chi connectivity index (χ2n) is 10.2. The highest BCUT2D eigenvalue weighted by molar-refractivity contribution is 7.52. The van der Waals surface area contributed by atoms with Crippen LogP contribution in [-0.2, 0) is 33.6 Å². The van der Waals surface area contributed by atoms with E-state index >= 15 is 0 Å². The van der Waals surface area contributed by atoms with Gasteiger partial charge in [0.1, 0.15) is 12.0 Å². The van der Waals surface area contributed by atoms with E-state index in [0.29, 0.717) is 61.3 Å². The zero-order chi connectivity index (χ0) is 30.5. The Morgan fingerprint density at radius 2 is 1.81 bits per heavy atom. The van der Waals surface area contributed by atoms with Crippen LogP contribution in [0, 0.1) is 5.82 Å². The Labute approximate surface area is 258 Å². The summed E-state index contributed by atoms with van der Waals surface area (Å²) in [6, 6.07) is 4.84. The normalized spacial score (nSPS) is 25.6. The molecule has 18 heteroatoms. The van der Waals surface area contributed by atoms with Gasteiger partial charge in [0.05, 0.1) is 44.2 Å². The van der Waals surface area contributed by atoms with Gasteiger partial charge in [0.25, 0.3) is 5.56 Å². The summed E-state index contributed by atoms with van der Waals surface area (Å²) >= 11 is 12.2. The SMILES string of the molecule is O=c1c(F)cn([C@H]2CCCO2)c(=O)n1CCOP(=O)(NCCC[Si]12OCCN(CCO1)CCO2)Oc1ccc(Cl)cc1Cl. The van der Waals surface area contributed by atoms with Crippen LogP contribution in [0.25, 0.3) is 0 Å². The van der Waals surface area contributed by atoms with Crippen molar-refractivity contribution in [2.45, 2.75) is 38.1 Å². The van der Waals surface area contributed by atoms with Gasteiger partial charge in [0.15, 0.2) is 0 Å². The number of benzene rings is 1. The highest BCUT2D eigenvalue weighted by Gasteiger charge is 2.43. The highest BCUT2D eigenvalue weighted by Crippen LogP contribution is 2.46. The van der Waals surface area contributed by atoms with E-state index in [9.17, 15) is 18.5 Å². The van der Waals surface area contributed by atoms with E-state index in [-0.39, 0.29) is 17.3 Å². The van der Waals surface area contributed by atoms with Crippen LogP contribution in [0.5, 0.6) is 5.75 Å². The van der Waals surface area contributed by atoms with Gasteiger partial charge in [-0.3, -0.25) is 23.4 Å². The van der Waals surface area contributed by atoms with Crippen LogP contribution in [0.15, 0.2) is 34.0 Å². The number of fused-ring (bicyclic) bond motifs is 6. The summed E-state index contributed by atoms with van der Waals surface area (Å²) in [5.74, 6) is -1.08. The van der Waals surface area contributed by atoms with Crippen molar-refractivity contribution in [3.63, 3.8) is 0 Å². The fourth-order valence-electron chi connectivity index (χ4n) is 5.00. The Bertz CT molecular complexity index is 1420. The zero-order valence-corrected chi connectivity index (χ0v) is 26.8. The monoisotopic (exact) mass is 682 g/mol. The zero-order valence-electron chi connectivity index (χ0n) is 23.4. The minimum absolute atomic E-state index is 0.0399.